The van der Waals surface area contributed by atoms with Gasteiger partial charge < -0.3 is 14.7 Å². The van der Waals surface area contributed by atoms with E-state index in [-0.39, 0.29) is 24.0 Å². The summed E-state index contributed by atoms with van der Waals surface area (Å²) in [6.45, 7) is 6.26. The maximum absolute atomic E-state index is 12.3. The summed E-state index contributed by atoms with van der Waals surface area (Å²) in [6, 6.07) is 6.54. The molecule has 1 saturated heterocycles. The van der Waals surface area contributed by atoms with Crippen molar-refractivity contribution in [3.63, 3.8) is 0 Å². The highest BCUT2D eigenvalue weighted by Gasteiger charge is 2.26. The summed E-state index contributed by atoms with van der Waals surface area (Å²) in [5.41, 5.74) is 0.946. The molecular weight excluding hydrogens is 282 g/mol. The van der Waals surface area contributed by atoms with Gasteiger partial charge >= 0.3 is 5.97 Å². The van der Waals surface area contributed by atoms with Gasteiger partial charge in [-0.25, -0.2) is 4.79 Å². The zero-order valence-corrected chi connectivity index (χ0v) is 13.1. The van der Waals surface area contributed by atoms with Crippen molar-refractivity contribution in [1.82, 2.24) is 4.90 Å². The normalized spacial score (nSPS) is 18.0. The molecule has 1 unspecified atom stereocenters. The molecule has 22 heavy (non-hydrogen) atoms. The SMILES string of the molecule is CC(C)COC1CCN(C(=O)Cc2cccc(C(=O)O)c2)C1. The van der Waals surface area contributed by atoms with Crippen LogP contribution in [0.4, 0.5) is 0 Å². The minimum absolute atomic E-state index is 0.0261. The number of carbonyl (C=O) groups is 2. The monoisotopic (exact) mass is 305 g/mol. The Bertz CT molecular complexity index is 541. The lowest BCUT2D eigenvalue weighted by Gasteiger charge is -2.17. The number of rotatable bonds is 6. The fourth-order valence-electron chi connectivity index (χ4n) is 2.52. The van der Waals surface area contributed by atoms with Gasteiger partial charge in [0.2, 0.25) is 5.91 Å². The van der Waals surface area contributed by atoms with E-state index in [2.05, 4.69) is 13.8 Å². The smallest absolute Gasteiger partial charge is 0.335 e. The summed E-state index contributed by atoms with van der Waals surface area (Å²) in [6.07, 6.45) is 1.22. The van der Waals surface area contributed by atoms with E-state index in [4.69, 9.17) is 9.84 Å². The fraction of sp³-hybridized carbons (Fsp3) is 0.529. The van der Waals surface area contributed by atoms with Gasteiger partial charge in [-0.3, -0.25) is 4.79 Å². The molecule has 1 aliphatic heterocycles. The molecule has 0 aliphatic carbocycles. The zero-order chi connectivity index (χ0) is 16.1. The second-order valence-electron chi connectivity index (χ2n) is 6.16. The number of amides is 1. The number of hydrogen-bond acceptors (Lipinski definition) is 3. The van der Waals surface area contributed by atoms with Crippen molar-refractivity contribution < 1.29 is 19.4 Å². The molecule has 1 atom stereocenters. The van der Waals surface area contributed by atoms with E-state index >= 15 is 0 Å². The van der Waals surface area contributed by atoms with Gasteiger partial charge in [0.25, 0.3) is 0 Å². The Morgan fingerprint density at radius 2 is 2.18 bits per heavy atom. The van der Waals surface area contributed by atoms with Crippen LogP contribution in [-0.2, 0) is 16.0 Å². The number of nitrogens with zero attached hydrogens (tertiary/aromatic N) is 1. The van der Waals surface area contributed by atoms with Crippen LogP contribution >= 0.6 is 0 Å². The third-order valence-electron chi connectivity index (χ3n) is 3.69. The summed E-state index contributed by atoms with van der Waals surface area (Å²) < 4.78 is 5.77. The highest BCUT2D eigenvalue weighted by atomic mass is 16.5. The van der Waals surface area contributed by atoms with Gasteiger partial charge in [-0.05, 0) is 30.0 Å². The van der Waals surface area contributed by atoms with Gasteiger partial charge in [0, 0.05) is 19.7 Å². The van der Waals surface area contributed by atoms with Crippen molar-refractivity contribution in [2.24, 2.45) is 5.92 Å². The van der Waals surface area contributed by atoms with E-state index in [1.807, 2.05) is 0 Å². The first-order valence-corrected chi connectivity index (χ1v) is 7.67. The Labute approximate surface area is 130 Å². The van der Waals surface area contributed by atoms with Crippen LogP contribution in [0.5, 0.6) is 0 Å². The van der Waals surface area contributed by atoms with E-state index in [1.165, 1.54) is 6.07 Å². The van der Waals surface area contributed by atoms with Gasteiger partial charge in [0.15, 0.2) is 0 Å². The third-order valence-corrected chi connectivity index (χ3v) is 3.69. The van der Waals surface area contributed by atoms with Crippen LogP contribution in [0.1, 0.15) is 36.2 Å². The Morgan fingerprint density at radius 1 is 1.41 bits per heavy atom. The van der Waals surface area contributed by atoms with E-state index in [0.717, 1.165) is 12.0 Å². The second kappa shape index (κ2) is 7.40. The molecule has 5 heteroatoms. The van der Waals surface area contributed by atoms with Gasteiger partial charge in [-0.15, -0.1) is 0 Å². The van der Waals surface area contributed by atoms with Crippen LogP contribution in [0.25, 0.3) is 0 Å². The van der Waals surface area contributed by atoms with Crippen LogP contribution in [0.2, 0.25) is 0 Å². The largest absolute Gasteiger partial charge is 0.478 e. The van der Waals surface area contributed by atoms with E-state index in [1.54, 1.807) is 23.1 Å². The van der Waals surface area contributed by atoms with Gasteiger partial charge in [0.05, 0.1) is 18.1 Å². The molecule has 1 heterocycles. The van der Waals surface area contributed by atoms with Crippen molar-refractivity contribution in [2.75, 3.05) is 19.7 Å². The maximum Gasteiger partial charge on any atom is 0.335 e. The Balaban J connectivity index is 1.88. The van der Waals surface area contributed by atoms with Gasteiger partial charge in [0.1, 0.15) is 0 Å². The fourth-order valence-corrected chi connectivity index (χ4v) is 2.52. The first kappa shape index (κ1) is 16.5. The van der Waals surface area contributed by atoms with E-state index in [0.29, 0.717) is 25.6 Å². The summed E-state index contributed by atoms with van der Waals surface area (Å²) >= 11 is 0. The Morgan fingerprint density at radius 3 is 2.86 bits per heavy atom. The number of carboxylic acids is 1. The molecular formula is C17H23NO4. The minimum atomic E-state index is -0.974. The molecule has 120 valence electrons. The lowest BCUT2D eigenvalue weighted by molar-refractivity contribution is -0.130. The molecule has 1 aliphatic rings. The number of aromatic carboxylic acids is 1. The van der Waals surface area contributed by atoms with Crippen LogP contribution in [0, 0.1) is 5.92 Å². The molecule has 1 aromatic rings. The maximum atomic E-state index is 12.3. The molecule has 1 N–H and O–H groups in total. The average molecular weight is 305 g/mol. The van der Waals surface area contributed by atoms with Crippen molar-refractivity contribution in [1.29, 1.82) is 0 Å². The molecule has 0 saturated carbocycles. The number of ether oxygens (including phenoxy) is 1. The van der Waals surface area contributed by atoms with Crippen molar-refractivity contribution in [3.8, 4) is 0 Å². The first-order valence-electron chi connectivity index (χ1n) is 7.67. The molecule has 1 fully saturated rings. The van der Waals surface area contributed by atoms with Crippen molar-refractivity contribution in [3.05, 3.63) is 35.4 Å². The number of carbonyl (C=O) groups excluding carboxylic acids is 1. The topological polar surface area (TPSA) is 66.8 Å². The number of benzene rings is 1. The predicted octanol–water partition coefficient (Wildman–Crippen LogP) is 2.20. The molecule has 0 spiro atoms. The standard InChI is InChI=1S/C17H23NO4/c1-12(2)11-22-15-6-7-18(10-15)16(19)9-13-4-3-5-14(8-13)17(20)21/h3-5,8,12,15H,6-7,9-11H2,1-2H3,(H,20,21). The van der Waals surface area contributed by atoms with E-state index < -0.39 is 5.97 Å². The molecule has 0 radical (unpaired) electrons. The molecule has 1 amide bonds. The van der Waals surface area contributed by atoms with Crippen LogP contribution < -0.4 is 0 Å². The minimum Gasteiger partial charge on any atom is -0.478 e. The molecule has 0 bridgehead atoms. The molecule has 0 aromatic heterocycles. The predicted molar refractivity (Wildman–Crippen MR) is 82.9 cm³/mol. The van der Waals surface area contributed by atoms with Gasteiger partial charge in [-0.2, -0.15) is 0 Å². The molecule has 5 nitrogen and oxygen atoms in total. The highest BCUT2D eigenvalue weighted by molar-refractivity contribution is 5.88. The van der Waals surface area contributed by atoms with E-state index in [9.17, 15) is 9.59 Å². The van der Waals surface area contributed by atoms with Crippen molar-refractivity contribution >= 4 is 11.9 Å². The van der Waals surface area contributed by atoms with Gasteiger partial charge in [-0.1, -0.05) is 26.0 Å². The molecule has 2 rings (SSSR count). The average Bonchev–Trinajstić information content (AvgIpc) is 2.94. The summed E-state index contributed by atoms with van der Waals surface area (Å²) in [7, 11) is 0. The quantitative estimate of drug-likeness (QED) is 0.875. The lowest BCUT2D eigenvalue weighted by Crippen LogP contribution is -2.31. The van der Waals surface area contributed by atoms with Crippen molar-refractivity contribution in [2.45, 2.75) is 32.8 Å². The lowest BCUT2D eigenvalue weighted by atomic mass is 10.1. The highest BCUT2D eigenvalue weighted by Crippen LogP contribution is 2.16. The summed E-state index contributed by atoms with van der Waals surface area (Å²) in [5, 5.41) is 8.98. The zero-order valence-electron chi connectivity index (χ0n) is 13.1. The van der Waals surface area contributed by atoms with Crippen LogP contribution in [0.15, 0.2) is 24.3 Å². The first-order chi connectivity index (χ1) is 10.5. The summed E-state index contributed by atoms with van der Waals surface area (Å²) in [5.74, 6) is -0.459. The number of carboxylic acid groups (broad SMARTS) is 1. The van der Waals surface area contributed by atoms with Crippen LogP contribution in [0.3, 0.4) is 0 Å². The molecule has 1 aromatic carbocycles. The second-order valence-corrected chi connectivity index (χ2v) is 6.16. The number of likely N-dealkylation sites (tertiary alicyclic amines) is 1. The Kier molecular flexibility index (Phi) is 5.55. The number of hydrogen-bond donors (Lipinski definition) is 1. The van der Waals surface area contributed by atoms with Crippen LogP contribution in [-0.4, -0.2) is 47.7 Å². The third kappa shape index (κ3) is 4.56. The Hall–Kier alpha value is -1.88. The summed E-state index contributed by atoms with van der Waals surface area (Å²) in [4.78, 5) is 25.1.